The first kappa shape index (κ1) is 28.9. The summed E-state index contributed by atoms with van der Waals surface area (Å²) in [4.78, 5) is 74.3. The molecule has 0 radical (unpaired) electrons. The Morgan fingerprint density at radius 3 is 2.73 bits per heavy atom. The van der Waals surface area contributed by atoms with E-state index in [1.807, 2.05) is 0 Å². The number of carbonyl (C=O) groups is 3. The molecule has 0 aromatic carbocycles. The second kappa shape index (κ2) is 11.8. The summed E-state index contributed by atoms with van der Waals surface area (Å²) in [7, 11) is 2.74. The number of thioether (sulfide) groups is 2. The number of oxime groups is 1. The third-order valence-corrected chi connectivity index (χ3v) is 8.15. The van der Waals surface area contributed by atoms with Crippen molar-refractivity contribution in [2.45, 2.75) is 16.6 Å². The van der Waals surface area contributed by atoms with Crippen LogP contribution < -0.4 is 51.7 Å². The third kappa shape index (κ3) is 5.78. The average Bonchev–Trinajstić information content (AvgIpc) is 3.27. The van der Waals surface area contributed by atoms with Crippen molar-refractivity contribution < 1.29 is 53.9 Å². The van der Waals surface area contributed by atoms with Gasteiger partial charge < -0.3 is 21.0 Å². The standard InChI is InChI=1S/C18H18N8O7S3.Na/c1-25-18(22-12(28)13(29)23-25)36-4-6-3-34-15-9(14(30)26(15)10(6)16(31)32)21-11(27)8(24-33-2)7-5-35-17(19)20-7;/h5,9,15H,3-4H2,1-2H3,(H2,19,20)(H,21,27)(H,23,29)(H,31,32);/q;+1/b24-8-;/t9-,15-;/m1./s1. The van der Waals surface area contributed by atoms with Gasteiger partial charge in [0.2, 0.25) is 0 Å². The minimum absolute atomic E-state index is 0. The van der Waals surface area contributed by atoms with Gasteiger partial charge >= 0.3 is 46.6 Å². The van der Waals surface area contributed by atoms with Gasteiger partial charge in [0.25, 0.3) is 11.8 Å². The van der Waals surface area contributed by atoms with E-state index in [0.29, 0.717) is 5.57 Å². The van der Waals surface area contributed by atoms with E-state index < -0.39 is 40.3 Å². The molecule has 4 heterocycles. The van der Waals surface area contributed by atoms with E-state index in [0.717, 1.165) is 28.0 Å². The fourth-order valence-electron chi connectivity index (χ4n) is 3.44. The third-order valence-electron chi connectivity index (χ3n) is 5.02. The minimum atomic E-state index is -1.31. The van der Waals surface area contributed by atoms with Crippen LogP contribution in [0, 0.1) is 0 Å². The molecule has 4 rings (SSSR count). The van der Waals surface area contributed by atoms with Crippen LogP contribution in [0.15, 0.2) is 36.6 Å². The maximum atomic E-state index is 12.9. The molecule has 2 aliphatic heterocycles. The molecule has 0 bridgehead atoms. The van der Waals surface area contributed by atoms with Crippen LogP contribution in [-0.2, 0) is 26.3 Å². The first-order valence-electron chi connectivity index (χ1n) is 9.96. The predicted molar refractivity (Wildman–Crippen MR) is 131 cm³/mol. The average molecular weight is 578 g/mol. The number of carbonyl (C=O) groups excluding carboxylic acids is 2. The number of nitrogens with one attached hydrogen (secondary N) is 2. The monoisotopic (exact) mass is 577 g/mol. The van der Waals surface area contributed by atoms with E-state index in [-0.39, 0.29) is 68.5 Å². The molecule has 0 unspecified atom stereocenters. The zero-order chi connectivity index (χ0) is 26.1. The van der Waals surface area contributed by atoms with E-state index in [4.69, 9.17) is 10.6 Å². The number of amides is 2. The van der Waals surface area contributed by atoms with Crippen LogP contribution in [-0.4, -0.2) is 83.3 Å². The summed E-state index contributed by atoms with van der Waals surface area (Å²) in [6, 6.07) is -0.995. The summed E-state index contributed by atoms with van der Waals surface area (Å²) in [5, 5.41) is 19.6. The second-order valence-corrected chi connectivity index (χ2v) is 10.2. The van der Waals surface area contributed by atoms with Gasteiger partial charge in [-0.3, -0.25) is 33.9 Å². The Bertz CT molecular complexity index is 1430. The van der Waals surface area contributed by atoms with Crippen molar-refractivity contribution in [1.82, 2.24) is 30.0 Å². The zero-order valence-corrected chi connectivity index (χ0v) is 24.0. The van der Waals surface area contributed by atoms with Gasteiger partial charge in [-0.05, 0) is 5.57 Å². The van der Waals surface area contributed by atoms with Gasteiger partial charge in [-0.25, -0.2) is 9.78 Å². The van der Waals surface area contributed by atoms with Gasteiger partial charge in [-0.1, -0.05) is 16.9 Å². The number of nitrogens with two attached hydrogens (primary N) is 1. The summed E-state index contributed by atoms with van der Waals surface area (Å²) in [6.45, 7) is 0. The summed E-state index contributed by atoms with van der Waals surface area (Å²) in [5.41, 5.74) is 4.00. The molecule has 0 saturated carbocycles. The molecule has 37 heavy (non-hydrogen) atoms. The van der Waals surface area contributed by atoms with Gasteiger partial charge in [-0.2, -0.15) is 4.98 Å². The summed E-state index contributed by atoms with van der Waals surface area (Å²) in [5.74, 6) is -2.30. The molecule has 0 aliphatic carbocycles. The Labute approximate surface area is 242 Å². The molecule has 5 N–H and O–H groups in total. The van der Waals surface area contributed by atoms with Crippen LogP contribution in [0.2, 0.25) is 0 Å². The predicted octanol–water partition coefficient (Wildman–Crippen LogP) is -4.61. The molecule has 0 spiro atoms. The van der Waals surface area contributed by atoms with Crippen molar-refractivity contribution in [3.05, 3.63) is 43.1 Å². The Morgan fingerprint density at radius 1 is 1.38 bits per heavy atom. The van der Waals surface area contributed by atoms with Crippen molar-refractivity contribution in [3.63, 3.8) is 0 Å². The number of fused-ring (bicyclic) bond motifs is 1. The number of H-pyrrole nitrogens is 1. The number of aryl methyl sites for hydroxylation is 1. The Hall–Kier alpha value is -2.64. The smallest absolute Gasteiger partial charge is 0.477 e. The van der Waals surface area contributed by atoms with Gasteiger partial charge in [0.1, 0.15) is 29.9 Å². The Morgan fingerprint density at radius 2 is 2.11 bits per heavy atom. The summed E-state index contributed by atoms with van der Waals surface area (Å²) in [6.07, 6.45) is 0. The second-order valence-electron chi connectivity index (χ2n) is 7.30. The topological polar surface area (TPSA) is 215 Å². The van der Waals surface area contributed by atoms with Crippen molar-refractivity contribution in [1.29, 1.82) is 0 Å². The van der Waals surface area contributed by atoms with Gasteiger partial charge in [0.15, 0.2) is 16.0 Å². The van der Waals surface area contributed by atoms with Crippen LogP contribution in [0.3, 0.4) is 0 Å². The van der Waals surface area contributed by atoms with Crippen molar-refractivity contribution in [2.75, 3.05) is 24.3 Å². The molecule has 2 aromatic heterocycles. The van der Waals surface area contributed by atoms with Crippen molar-refractivity contribution in [2.24, 2.45) is 12.2 Å². The number of thiazole rings is 1. The van der Waals surface area contributed by atoms with Crippen LogP contribution in [0.25, 0.3) is 0 Å². The number of hydrogen-bond acceptors (Lipinski definition) is 13. The molecule has 15 nitrogen and oxygen atoms in total. The fraction of sp³-hybridized carbons (Fsp3) is 0.333. The quantitative estimate of drug-likeness (QED) is 0.0582. The number of aromatic amines is 1. The molecule has 190 valence electrons. The number of aliphatic carboxylic acids is 1. The summed E-state index contributed by atoms with van der Waals surface area (Å²) < 4.78 is 1.25. The van der Waals surface area contributed by atoms with E-state index >= 15 is 0 Å². The Balaban J connectivity index is 0.00000380. The molecular formula is C18H18N8NaO7S3+. The largest absolute Gasteiger partial charge is 1.00 e. The van der Waals surface area contributed by atoms with Crippen LogP contribution >= 0.6 is 34.9 Å². The minimum Gasteiger partial charge on any atom is -0.477 e. The molecule has 2 aliphatic rings. The molecule has 2 aromatic rings. The number of rotatable bonds is 8. The van der Waals surface area contributed by atoms with Crippen LogP contribution in [0.1, 0.15) is 5.69 Å². The number of carboxylic acids is 1. The van der Waals surface area contributed by atoms with Gasteiger partial charge in [-0.15, -0.1) is 23.1 Å². The first-order chi connectivity index (χ1) is 17.1. The molecule has 2 atom stereocenters. The number of hydrogen-bond donors (Lipinski definition) is 4. The number of aromatic nitrogens is 4. The molecule has 2 amide bonds. The maximum absolute atomic E-state index is 12.9. The van der Waals surface area contributed by atoms with Gasteiger partial charge in [0, 0.05) is 23.9 Å². The van der Waals surface area contributed by atoms with E-state index in [1.165, 1.54) is 36.0 Å². The van der Waals surface area contributed by atoms with E-state index in [2.05, 4.69) is 25.5 Å². The number of nitrogen functional groups attached to an aromatic ring is 1. The van der Waals surface area contributed by atoms with Crippen LogP contribution in [0.5, 0.6) is 0 Å². The molecule has 19 heteroatoms. The van der Waals surface area contributed by atoms with E-state index in [9.17, 15) is 29.1 Å². The normalized spacial score (nSPS) is 19.0. The fourth-order valence-corrected chi connectivity index (χ4v) is 6.39. The van der Waals surface area contributed by atoms with E-state index in [1.54, 1.807) is 0 Å². The number of β-lactam (4-membered cyclic amide) rings is 1. The summed E-state index contributed by atoms with van der Waals surface area (Å²) >= 11 is 3.41. The number of carboxylic acid groups (broad SMARTS) is 1. The first-order valence-corrected chi connectivity index (χ1v) is 12.9. The van der Waals surface area contributed by atoms with Crippen molar-refractivity contribution in [3.8, 4) is 0 Å². The van der Waals surface area contributed by atoms with Crippen LogP contribution in [0.4, 0.5) is 5.13 Å². The number of nitrogens with zero attached hydrogens (tertiary/aromatic N) is 5. The molecule has 1 fully saturated rings. The van der Waals surface area contributed by atoms with Gasteiger partial charge in [0.05, 0.1) is 0 Å². The molecular weight excluding hydrogens is 559 g/mol. The SMILES string of the molecule is CO/N=C(\C(=O)N[C@@H]1C(=O)N2C(C(=O)O)=C(CSc3nc(=O)c(=O)[nH]n3C)CS[C@H]12)c1csc(N)n1.[Na+]. The molecule has 1 saturated heterocycles. The van der Waals surface area contributed by atoms with Crippen molar-refractivity contribution >= 4 is 63.5 Å². The number of anilines is 1. The Kier molecular flexibility index (Phi) is 9.24. The maximum Gasteiger partial charge on any atom is 1.00 e. The zero-order valence-electron chi connectivity index (χ0n) is 19.6.